The van der Waals surface area contributed by atoms with E-state index in [4.69, 9.17) is 16.6 Å². The number of hydrogen-bond acceptors (Lipinski definition) is 8. The summed E-state index contributed by atoms with van der Waals surface area (Å²) in [5.74, 6) is -3.71. The van der Waals surface area contributed by atoms with Crippen molar-refractivity contribution in [1.82, 2.24) is 4.90 Å². The first-order valence-electron chi connectivity index (χ1n) is 5.72. The van der Waals surface area contributed by atoms with Crippen LogP contribution in [0.1, 0.15) is 12.2 Å². The summed E-state index contributed by atoms with van der Waals surface area (Å²) in [6, 6.07) is 1.49. The van der Waals surface area contributed by atoms with Crippen molar-refractivity contribution in [3.8, 4) is 0 Å². The predicted molar refractivity (Wildman–Crippen MR) is 79.8 cm³/mol. The number of rotatable bonds is 5. The van der Waals surface area contributed by atoms with Gasteiger partial charge in [0.25, 0.3) is 5.91 Å². The fourth-order valence-corrected chi connectivity index (χ4v) is 3.38. The largest absolute Gasteiger partial charge is 0.550 e. The zero-order valence-electron chi connectivity index (χ0n) is 10.6. The monoisotopic (exact) mass is 403 g/mol. The standard InChI is InChI=1S/C12H8BrNO6S2/c13-8-2-1-5(20-8)3-7-10(17)14(12(21)22-7)6(11(18)19)4-9(15)16/h1-3,6H,4H2,(H,15,16)(H,18,19)/p-2/b7-3+/t6-/m0/s1. The molecule has 0 N–H and O–H groups in total. The number of thiocarbonyl (C=S) groups is 1. The lowest BCUT2D eigenvalue weighted by Gasteiger charge is -2.27. The Morgan fingerprint density at radius 3 is 2.64 bits per heavy atom. The Labute approximate surface area is 142 Å². The van der Waals surface area contributed by atoms with E-state index in [0.29, 0.717) is 15.3 Å². The van der Waals surface area contributed by atoms with Crippen molar-refractivity contribution in [2.75, 3.05) is 0 Å². The van der Waals surface area contributed by atoms with Gasteiger partial charge in [-0.2, -0.15) is 0 Å². The minimum absolute atomic E-state index is 0.0719. The third-order valence-electron chi connectivity index (χ3n) is 2.63. The maximum absolute atomic E-state index is 12.2. The van der Waals surface area contributed by atoms with Gasteiger partial charge in [0.15, 0.2) is 4.67 Å². The van der Waals surface area contributed by atoms with Gasteiger partial charge >= 0.3 is 0 Å². The van der Waals surface area contributed by atoms with Crippen LogP contribution in [-0.2, 0) is 14.4 Å². The van der Waals surface area contributed by atoms with Crippen LogP contribution in [0.15, 0.2) is 26.1 Å². The number of carboxylic acids is 2. The summed E-state index contributed by atoms with van der Waals surface area (Å²) in [6.07, 6.45) is 0.476. The highest BCUT2D eigenvalue weighted by atomic mass is 79.9. The first-order valence-corrected chi connectivity index (χ1v) is 7.74. The lowest BCUT2D eigenvalue weighted by molar-refractivity contribution is -0.319. The second kappa shape index (κ2) is 6.63. The molecular weight excluding hydrogens is 398 g/mol. The van der Waals surface area contributed by atoms with Gasteiger partial charge < -0.3 is 24.2 Å². The third-order valence-corrected chi connectivity index (χ3v) is 4.39. The lowest BCUT2D eigenvalue weighted by Crippen LogP contribution is -2.52. The van der Waals surface area contributed by atoms with E-state index in [9.17, 15) is 24.6 Å². The van der Waals surface area contributed by atoms with Gasteiger partial charge in [0, 0.05) is 18.5 Å². The Hall–Kier alpha value is -1.65. The van der Waals surface area contributed by atoms with Gasteiger partial charge in [-0.1, -0.05) is 24.0 Å². The average molecular weight is 404 g/mol. The van der Waals surface area contributed by atoms with Gasteiger partial charge in [0.1, 0.15) is 10.1 Å². The van der Waals surface area contributed by atoms with Crippen molar-refractivity contribution >= 4 is 68.2 Å². The molecule has 22 heavy (non-hydrogen) atoms. The maximum Gasteiger partial charge on any atom is 0.266 e. The van der Waals surface area contributed by atoms with E-state index < -0.39 is 30.3 Å². The highest BCUT2D eigenvalue weighted by molar-refractivity contribution is 9.10. The summed E-state index contributed by atoms with van der Waals surface area (Å²) >= 11 is 8.90. The van der Waals surface area contributed by atoms with Crippen LogP contribution in [-0.4, -0.2) is 33.1 Å². The van der Waals surface area contributed by atoms with Crippen LogP contribution in [0.2, 0.25) is 0 Å². The lowest BCUT2D eigenvalue weighted by atomic mass is 10.2. The number of carboxylic acid groups (broad SMARTS) is 2. The van der Waals surface area contributed by atoms with Gasteiger partial charge in [-0.3, -0.25) is 9.69 Å². The number of hydrogen-bond donors (Lipinski definition) is 0. The molecule has 10 heteroatoms. The average Bonchev–Trinajstić information content (AvgIpc) is 2.92. The molecular formula is C12H6BrNO6S2-2. The van der Waals surface area contributed by atoms with E-state index in [1.807, 2.05) is 0 Å². The van der Waals surface area contributed by atoms with Gasteiger partial charge in [-0.15, -0.1) is 0 Å². The van der Waals surface area contributed by atoms with Gasteiger partial charge in [0.2, 0.25) is 0 Å². The van der Waals surface area contributed by atoms with E-state index in [1.165, 1.54) is 6.08 Å². The Morgan fingerprint density at radius 1 is 1.45 bits per heavy atom. The Morgan fingerprint density at radius 2 is 2.14 bits per heavy atom. The first kappa shape index (κ1) is 16.7. The summed E-state index contributed by atoms with van der Waals surface area (Å²) in [5, 5.41) is 21.7. The molecule has 1 amide bonds. The van der Waals surface area contributed by atoms with Crippen molar-refractivity contribution < 1.29 is 29.0 Å². The number of furan rings is 1. The van der Waals surface area contributed by atoms with Crippen molar-refractivity contribution in [3.05, 3.63) is 27.5 Å². The van der Waals surface area contributed by atoms with Crippen molar-refractivity contribution in [2.45, 2.75) is 12.5 Å². The van der Waals surface area contributed by atoms with Gasteiger partial charge in [-0.25, -0.2) is 0 Å². The van der Waals surface area contributed by atoms with E-state index in [-0.39, 0.29) is 9.23 Å². The SMILES string of the molecule is O=C([O-])C[C@@H](C(=O)[O-])N1C(=O)/C(=C\c2ccc(Br)o2)SC1=S. The second-order valence-corrected chi connectivity index (χ2v) is 6.56. The van der Waals surface area contributed by atoms with E-state index >= 15 is 0 Å². The highest BCUT2D eigenvalue weighted by Gasteiger charge is 2.38. The molecule has 0 aliphatic carbocycles. The van der Waals surface area contributed by atoms with Crippen LogP contribution in [0.5, 0.6) is 0 Å². The molecule has 1 aromatic rings. The summed E-state index contributed by atoms with van der Waals surface area (Å²) in [4.78, 5) is 34.8. The van der Waals surface area contributed by atoms with Crippen LogP contribution < -0.4 is 10.2 Å². The number of nitrogens with zero attached hydrogens (tertiary/aromatic N) is 1. The second-order valence-electron chi connectivity index (χ2n) is 4.10. The molecule has 1 aliphatic heterocycles. The molecule has 1 aliphatic rings. The van der Waals surface area contributed by atoms with Crippen LogP contribution in [0, 0.1) is 0 Å². The topological polar surface area (TPSA) is 114 Å². The summed E-state index contributed by atoms with van der Waals surface area (Å²) < 4.78 is 5.60. The van der Waals surface area contributed by atoms with E-state index in [1.54, 1.807) is 12.1 Å². The van der Waals surface area contributed by atoms with E-state index in [2.05, 4.69) is 15.9 Å². The molecule has 0 radical (unpaired) electrons. The zero-order chi connectivity index (χ0) is 16.4. The summed E-state index contributed by atoms with van der Waals surface area (Å²) in [5.41, 5.74) is 0. The van der Waals surface area contributed by atoms with Gasteiger partial charge in [0.05, 0.1) is 16.9 Å². The fourth-order valence-electron chi connectivity index (χ4n) is 1.72. The molecule has 0 unspecified atom stereocenters. The Bertz CT molecular complexity index is 698. The molecule has 1 saturated heterocycles. The Balaban J connectivity index is 2.29. The molecule has 1 fully saturated rings. The summed E-state index contributed by atoms with van der Waals surface area (Å²) in [7, 11) is 0. The normalized spacial score (nSPS) is 18.0. The van der Waals surface area contributed by atoms with Crippen molar-refractivity contribution in [1.29, 1.82) is 0 Å². The van der Waals surface area contributed by atoms with Crippen molar-refractivity contribution in [2.24, 2.45) is 0 Å². The van der Waals surface area contributed by atoms with Crippen LogP contribution in [0.3, 0.4) is 0 Å². The Kier molecular flexibility index (Phi) is 5.04. The maximum atomic E-state index is 12.2. The quantitative estimate of drug-likeness (QED) is 0.477. The molecule has 1 atom stereocenters. The molecule has 2 heterocycles. The third kappa shape index (κ3) is 3.57. The smallest absolute Gasteiger partial charge is 0.266 e. The number of thioether (sulfide) groups is 1. The molecule has 0 bridgehead atoms. The van der Waals surface area contributed by atoms with Crippen LogP contribution in [0.4, 0.5) is 0 Å². The first-order chi connectivity index (χ1) is 10.3. The molecule has 7 nitrogen and oxygen atoms in total. The molecule has 116 valence electrons. The summed E-state index contributed by atoms with van der Waals surface area (Å²) in [6.45, 7) is 0. The highest BCUT2D eigenvalue weighted by Crippen LogP contribution is 2.34. The number of aliphatic carboxylic acids is 2. The number of halogens is 1. The van der Waals surface area contributed by atoms with E-state index in [0.717, 1.165) is 11.8 Å². The van der Waals surface area contributed by atoms with Crippen LogP contribution >= 0.6 is 39.9 Å². The zero-order valence-corrected chi connectivity index (χ0v) is 13.8. The number of carbonyl (C=O) groups excluding carboxylic acids is 3. The fraction of sp³-hybridized carbons (Fsp3) is 0.167. The minimum atomic E-state index is -1.72. The molecule has 0 saturated carbocycles. The number of amides is 1. The van der Waals surface area contributed by atoms with Crippen molar-refractivity contribution in [3.63, 3.8) is 0 Å². The molecule has 1 aromatic heterocycles. The van der Waals surface area contributed by atoms with Crippen LogP contribution in [0.25, 0.3) is 6.08 Å². The van der Waals surface area contributed by atoms with Gasteiger partial charge in [-0.05, 0) is 28.1 Å². The number of carbonyl (C=O) groups is 3. The molecule has 0 aromatic carbocycles. The molecule has 0 spiro atoms. The molecule has 2 rings (SSSR count). The predicted octanol–water partition coefficient (Wildman–Crippen LogP) is -0.498. The minimum Gasteiger partial charge on any atom is -0.550 e.